The molecule has 0 amide bonds. The quantitative estimate of drug-likeness (QED) is 0.186. The molecule has 0 bridgehead atoms. The number of hydrogen-bond acceptors (Lipinski definition) is 0. The number of fused-ring (bicyclic) bond motifs is 6. The van der Waals surface area contributed by atoms with Crippen molar-refractivity contribution in [2.75, 3.05) is 0 Å². The molecule has 7 aromatic carbocycles. The van der Waals surface area contributed by atoms with Crippen LogP contribution in [0, 0.1) is 6.92 Å². The molecule has 0 saturated heterocycles. The van der Waals surface area contributed by atoms with E-state index >= 15 is 0 Å². The molecule has 2 heteroatoms. The van der Waals surface area contributed by atoms with Crippen molar-refractivity contribution in [1.29, 1.82) is 0 Å². The highest BCUT2D eigenvalue weighted by atomic mass is 15.0. The van der Waals surface area contributed by atoms with Crippen LogP contribution in [0.15, 0.2) is 164 Å². The topological polar surface area (TPSA) is 9.86 Å². The van der Waals surface area contributed by atoms with Crippen LogP contribution in [-0.2, 0) is 0 Å². The van der Waals surface area contributed by atoms with Gasteiger partial charge in [0.05, 0.1) is 22.1 Å². The summed E-state index contributed by atoms with van der Waals surface area (Å²) in [6, 6.07) is 57.6. The molecule has 2 heterocycles. The van der Waals surface area contributed by atoms with Crippen molar-refractivity contribution in [2.45, 2.75) is 6.92 Å². The number of rotatable bonds is 5. The summed E-state index contributed by atoms with van der Waals surface area (Å²) < 4.78 is 4.81. The largest absolute Gasteiger partial charge is 0.309 e. The van der Waals surface area contributed by atoms with Gasteiger partial charge in [0.1, 0.15) is 0 Å². The molecule has 0 atom stereocenters. The first kappa shape index (κ1) is 27.2. The Bertz CT molecular complexity index is 2630. The summed E-state index contributed by atoms with van der Waals surface area (Å²) in [4.78, 5) is 0. The van der Waals surface area contributed by atoms with Gasteiger partial charge in [-0.1, -0.05) is 121 Å². The highest BCUT2D eigenvalue weighted by Crippen LogP contribution is 2.38. The second-order valence-corrected chi connectivity index (χ2v) is 12.4. The molecule has 0 N–H and O–H groups in total. The fraction of sp³-hybridized carbons (Fsp3) is 0.0222. The number of nitrogens with zero attached hydrogens (tertiary/aromatic N) is 2. The summed E-state index contributed by atoms with van der Waals surface area (Å²) >= 11 is 0. The molecule has 222 valence electrons. The van der Waals surface area contributed by atoms with Gasteiger partial charge in [0, 0.05) is 32.9 Å². The van der Waals surface area contributed by atoms with Crippen LogP contribution in [0.4, 0.5) is 0 Å². The van der Waals surface area contributed by atoms with Crippen LogP contribution >= 0.6 is 0 Å². The monoisotopic (exact) mass is 600 g/mol. The van der Waals surface area contributed by atoms with Gasteiger partial charge in [0.15, 0.2) is 0 Å². The maximum absolute atomic E-state index is 3.90. The van der Waals surface area contributed by atoms with Crippen molar-refractivity contribution < 1.29 is 0 Å². The third-order valence-electron chi connectivity index (χ3n) is 9.56. The molecule has 0 spiro atoms. The van der Waals surface area contributed by atoms with E-state index in [2.05, 4.69) is 180 Å². The fourth-order valence-corrected chi connectivity index (χ4v) is 7.19. The molecular weight excluding hydrogens is 569 g/mol. The van der Waals surface area contributed by atoms with E-state index in [4.69, 9.17) is 0 Å². The van der Waals surface area contributed by atoms with E-state index in [1.165, 1.54) is 71.4 Å². The van der Waals surface area contributed by atoms with Crippen molar-refractivity contribution in [3.05, 3.63) is 175 Å². The van der Waals surface area contributed by atoms with Gasteiger partial charge in [0.2, 0.25) is 0 Å². The number of benzene rings is 7. The summed E-state index contributed by atoms with van der Waals surface area (Å²) in [7, 11) is 0. The van der Waals surface area contributed by atoms with Crippen molar-refractivity contribution in [3.8, 4) is 33.6 Å². The van der Waals surface area contributed by atoms with Gasteiger partial charge in [-0.05, 0) is 89.3 Å². The van der Waals surface area contributed by atoms with Crippen LogP contribution in [-0.4, -0.2) is 9.13 Å². The van der Waals surface area contributed by atoms with Crippen molar-refractivity contribution in [2.24, 2.45) is 0 Å². The van der Waals surface area contributed by atoms with Gasteiger partial charge in [-0.3, -0.25) is 0 Å². The molecule has 0 aliphatic heterocycles. The summed E-state index contributed by atoms with van der Waals surface area (Å²) in [6.07, 6.45) is 1.89. The predicted molar refractivity (Wildman–Crippen MR) is 201 cm³/mol. The molecule has 0 unspecified atom stereocenters. The van der Waals surface area contributed by atoms with E-state index in [0.29, 0.717) is 0 Å². The number of hydrogen-bond donors (Lipinski definition) is 0. The van der Waals surface area contributed by atoms with Crippen molar-refractivity contribution in [3.63, 3.8) is 0 Å². The van der Waals surface area contributed by atoms with E-state index in [9.17, 15) is 0 Å². The molecule has 0 aliphatic rings. The lowest BCUT2D eigenvalue weighted by atomic mass is 10.0. The molecule has 2 aromatic heterocycles. The average Bonchev–Trinajstić information content (AvgIpc) is 3.64. The molecular formula is C45H32N2. The van der Waals surface area contributed by atoms with Gasteiger partial charge < -0.3 is 9.13 Å². The second-order valence-electron chi connectivity index (χ2n) is 12.4. The molecule has 9 rings (SSSR count). The highest BCUT2D eigenvalue weighted by molar-refractivity contribution is 6.12. The van der Waals surface area contributed by atoms with Crippen molar-refractivity contribution >= 4 is 49.7 Å². The first-order valence-corrected chi connectivity index (χ1v) is 16.1. The van der Waals surface area contributed by atoms with Crippen LogP contribution < -0.4 is 0 Å². The lowest BCUT2D eigenvalue weighted by molar-refractivity contribution is 1.13. The number of para-hydroxylation sites is 2. The van der Waals surface area contributed by atoms with Crippen molar-refractivity contribution in [1.82, 2.24) is 9.13 Å². The van der Waals surface area contributed by atoms with Crippen LogP contribution in [0.25, 0.3) is 83.3 Å². The third kappa shape index (κ3) is 4.41. The number of aromatic nitrogens is 2. The maximum Gasteiger partial charge on any atom is 0.0541 e. The van der Waals surface area contributed by atoms with E-state index < -0.39 is 0 Å². The minimum atomic E-state index is 1.13. The van der Waals surface area contributed by atoms with Gasteiger partial charge in [0.25, 0.3) is 0 Å². The normalized spacial score (nSPS) is 11.6. The minimum Gasteiger partial charge on any atom is -0.309 e. The minimum absolute atomic E-state index is 1.13. The standard InChI is InChI=1S/C45H32N2/c1-3-31-17-21-33(22-18-31)35-24-26-45-41(28-35)39-12-5-7-14-43(39)47(45)37-10-8-9-36(29-37)46-42-13-6-4-11-38(42)40-27-34(23-25-44(40)46)32-19-15-30(2)16-20-32/h3-29H,1H2,2H3. The third-order valence-corrected chi connectivity index (χ3v) is 9.56. The molecule has 0 fully saturated rings. The summed E-state index contributed by atoms with van der Waals surface area (Å²) in [5, 5.41) is 5.01. The van der Waals surface area contributed by atoms with Gasteiger partial charge in [-0.2, -0.15) is 0 Å². The summed E-state index contributed by atoms with van der Waals surface area (Å²) in [6.45, 7) is 6.04. The smallest absolute Gasteiger partial charge is 0.0541 e. The van der Waals surface area contributed by atoms with E-state index in [1.54, 1.807) is 0 Å². The lowest BCUT2D eigenvalue weighted by Gasteiger charge is -2.13. The molecule has 0 saturated carbocycles. The first-order chi connectivity index (χ1) is 23.2. The maximum atomic E-state index is 3.90. The van der Waals surface area contributed by atoms with Gasteiger partial charge in [-0.25, -0.2) is 0 Å². The Hall–Kier alpha value is -6.12. The zero-order valence-electron chi connectivity index (χ0n) is 26.2. The molecule has 2 nitrogen and oxygen atoms in total. The Balaban J connectivity index is 1.22. The van der Waals surface area contributed by atoms with Crippen LogP contribution in [0.3, 0.4) is 0 Å². The zero-order chi connectivity index (χ0) is 31.5. The van der Waals surface area contributed by atoms with E-state index in [1.807, 2.05) is 6.08 Å². The van der Waals surface area contributed by atoms with E-state index in [-0.39, 0.29) is 0 Å². The lowest BCUT2D eigenvalue weighted by Crippen LogP contribution is -1.98. The Morgan fingerprint density at radius 3 is 1.36 bits per heavy atom. The predicted octanol–water partition coefficient (Wildman–Crippen LogP) is 12.2. The van der Waals surface area contributed by atoms with E-state index in [0.717, 1.165) is 16.9 Å². The Morgan fingerprint density at radius 1 is 0.404 bits per heavy atom. The first-order valence-electron chi connectivity index (χ1n) is 16.1. The summed E-state index contributed by atoms with van der Waals surface area (Å²) in [5.41, 5.74) is 14.4. The zero-order valence-corrected chi connectivity index (χ0v) is 26.2. The fourth-order valence-electron chi connectivity index (χ4n) is 7.19. The molecule has 0 radical (unpaired) electrons. The highest BCUT2D eigenvalue weighted by Gasteiger charge is 2.16. The second kappa shape index (κ2) is 10.8. The Labute approximate surface area is 274 Å². The van der Waals surface area contributed by atoms with Crippen LogP contribution in [0.5, 0.6) is 0 Å². The van der Waals surface area contributed by atoms with Crippen LogP contribution in [0.1, 0.15) is 11.1 Å². The SMILES string of the molecule is C=Cc1ccc(-c2ccc3c(c2)c2ccccc2n3-c2cccc(-n3c4ccccc4c4cc(-c5ccc(C)cc5)ccc43)c2)cc1. The van der Waals surface area contributed by atoms with Gasteiger partial charge in [-0.15, -0.1) is 0 Å². The van der Waals surface area contributed by atoms with Crippen LogP contribution in [0.2, 0.25) is 0 Å². The Kier molecular flexibility index (Phi) is 6.22. The van der Waals surface area contributed by atoms with Gasteiger partial charge >= 0.3 is 0 Å². The Morgan fingerprint density at radius 2 is 0.851 bits per heavy atom. The molecule has 0 aliphatic carbocycles. The average molecular weight is 601 g/mol. The molecule has 9 aromatic rings. The molecule has 47 heavy (non-hydrogen) atoms. The summed E-state index contributed by atoms with van der Waals surface area (Å²) in [5.74, 6) is 0. The number of aryl methyl sites for hydroxylation is 1.